The van der Waals surface area contributed by atoms with Gasteiger partial charge in [-0.15, -0.1) is 13.2 Å². The van der Waals surface area contributed by atoms with Crippen molar-refractivity contribution in [1.82, 2.24) is 9.80 Å². The molecule has 9 heteroatoms. The van der Waals surface area contributed by atoms with Crippen molar-refractivity contribution in [3.8, 4) is 5.75 Å². The fourth-order valence-corrected chi connectivity index (χ4v) is 7.88. The van der Waals surface area contributed by atoms with Gasteiger partial charge in [0.1, 0.15) is 17.4 Å². The number of aliphatic hydroxyl groups is 1. The summed E-state index contributed by atoms with van der Waals surface area (Å²) >= 11 is 0. The number of anilines is 1. The molecule has 1 aromatic carbocycles. The maximum Gasteiger partial charge on any atom is 0.248 e. The molecule has 44 heavy (non-hydrogen) atoms. The van der Waals surface area contributed by atoms with E-state index >= 15 is 0 Å². The van der Waals surface area contributed by atoms with Crippen molar-refractivity contribution in [2.75, 3.05) is 31.2 Å². The van der Waals surface area contributed by atoms with Crippen LogP contribution in [0.4, 0.5) is 5.69 Å². The van der Waals surface area contributed by atoms with Crippen LogP contribution in [-0.2, 0) is 19.1 Å². The molecule has 6 atom stereocenters. The number of fused-ring (bicyclic) bond motifs is 1. The second kappa shape index (κ2) is 13.4. The van der Waals surface area contributed by atoms with E-state index < -0.39 is 35.1 Å². The molecule has 3 heterocycles. The number of benzene rings is 1. The van der Waals surface area contributed by atoms with E-state index in [0.717, 1.165) is 0 Å². The van der Waals surface area contributed by atoms with Crippen LogP contribution in [0, 0.1) is 17.8 Å². The zero-order valence-corrected chi connectivity index (χ0v) is 27.3. The Bertz CT molecular complexity index is 1230. The largest absolute Gasteiger partial charge is 0.494 e. The molecule has 3 saturated heterocycles. The molecular formula is C35H51N3O6. The molecule has 0 aromatic heterocycles. The first kappa shape index (κ1) is 33.7. The first-order chi connectivity index (χ1) is 21.0. The third-order valence-electron chi connectivity index (χ3n) is 9.74. The number of aliphatic hydroxyl groups excluding tert-OH is 1. The molecular weight excluding hydrogens is 558 g/mol. The Morgan fingerprint density at radius 3 is 2.27 bits per heavy atom. The van der Waals surface area contributed by atoms with Gasteiger partial charge in [-0.05, 0) is 76.6 Å². The number of rotatable bonds is 15. The van der Waals surface area contributed by atoms with E-state index in [-0.39, 0.29) is 42.8 Å². The Kier molecular flexibility index (Phi) is 10.3. The quantitative estimate of drug-likeness (QED) is 0.292. The number of ether oxygens (including phenoxy) is 2. The standard InChI is InChI=1S/C35H51N3O6/c1-9-19-36(24(7)8)33(42)30-35-18-17-34(11-3,44-35)28(29(35)32(41)38(30)26(22-39)21-23(5)6)31(40)37(20-10-2)25-13-15-27(16-14-25)43-12-4/h9-10,13-16,23-24,26,28-30,39H,1-2,11-12,17-22H2,3-8H3/t26-,28+,29+,30?,34-,35?/m1/s1. The molecule has 2 unspecified atom stereocenters. The summed E-state index contributed by atoms with van der Waals surface area (Å²) in [4.78, 5) is 49.1. The lowest BCUT2D eigenvalue weighted by atomic mass is 9.64. The van der Waals surface area contributed by atoms with Crippen LogP contribution in [0.15, 0.2) is 49.6 Å². The summed E-state index contributed by atoms with van der Waals surface area (Å²) in [5, 5.41) is 10.6. The average Bonchev–Trinajstić information content (AvgIpc) is 3.60. The van der Waals surface area contributed by atoms with E-state index in [1.807, 2.05) is 65.8 Å². The van der Waals surface area contributed by atoms with Crippen LogP contribution < -0.4 is 9.64 Å². The minimum atomic E-state index is -1.18. The maximum atomic E-state index is 14.8. The number of hydrogen-bond acceptors (Lipinski definition) is 6. The van der Waals surface area contributed by atoms with Crippen LogP contribution in [0.5, 0.6) is 5.75 Å². The average molecular weight is 610 g/mol. The van der Waals surface area contributed by atoms with E-state index in [4.69, 9.17) is 9.47 Å². The first-order valence-corrected chi connectivity index (χ1v) is 16.2. The minimum absolute atomic E-state index is 0.149. The molecule has 0 saturated carbocycles. The van der Waals surface area contributed by atoms with E-state index in [1.54, 1.807) is 26.9 Å². The predicted molar refractivity (Wildman–Crippen MR) is 171 cm³/mol. The van der Waals surface area contributed by atoms with E-state index in [1.165, 1.54) is 0 Å². The molecule has 3 aliphatic rings. The van der Waals surface area contributed by atoms with Gasteiger partial charge in [-0.2, -0.15) is 0 Å². The number of carbonyl (C=O) groups is 3. The molecule has 2 bridgehead atoms. The fourth-order valence-electron chi connectivity index (χ4n) is 7.88. The topological polar surface area (TPSA) is 99.6 Å². The second-order valence-electron chi connectivity index (χ2n) is 13.1. The molecule has 0 aliphatic carbocycles. The SMILES string of the molecule is C=CCN(C(=O)[C@@H]1[C@H]2C(=O)N([C@@H](CO)CC(C)C)C(C(=O)N(CC=C)C(C)C)C23CC[C@@]1(CC)O3)c1ccc(OCC)cc1. The van der Waals surface area contributed by atoms with Crippen molar-refractivity contribution >= 4 is 23.4 Å². The number of likely N-dealkylation sites (tertiary alicyclic amines) is 1. The van der Waals surface area contributed by atoms with Crippen molar-refractivity contribution in [1.29, 1.82) is 0 Å². The summed E-state index contributed by atoms with van der Waals surface area (Å²) in [5.74, 6) is -1.52. The van der Waals surface area contributed by atoms with Gasteiger partial charge in [0.25, 0.3) is 0 Å². The van der Waals surface area contributed by atoms with Crippen molar-refractivity contribution in [3.05, 3.63) is 49.6 Å². The van der Waals surface area contributed by atoms with Gasteiger partial charge in [-0.25, -0.2) is 0 Å². The lowest BCUT2D eigenvalue weighted by Crippen LogP contribution is -2.60. The Labute approximate surface area is 262 Å². The van der Waals surface area contributed by atoms with Gasteiger partial charge < -0.3 is 29.3 Å². The molecule has 1 N–H and O–H groups in total. The van der Waals surface area contributed by atoms with Crippen molar-refractivity contribution < 1.29 is 29.0 Å². The van der Waals surface area contributed by atoms with Gasteiger partial charge in [0.05, 0.1) is 36.7 Å². The van der Waals surface area contributed by atoms with Gasteiger partial charge in [0.15, 0.2) is 0 Å². The number of nitrogens with zero attached hydrogens (tertiary/aromatic N) is 3. The van der Waals surface area contributed by atoms with Crippen molar-refractivity contribution in [3.63, 3.8) is 0 Å². The number of amides is 3. The number of hydrogen-bond donors (Lipinski definition) is 1. The molecule has 9 nitrogen and oxygen atoms in total. The molecule has 3 aliphatic heterocycles. The summed E-state index contributed by atoms with van der Waals surface area (Å²) in [7, 11) is 0. The summed E-state index contributed by atoms with van der Waals surface area (Å²) in [6.45, 7) is 20.4. The monoisotopic (exact) mass is 609 g/mol. The van der Waals surface area contributed by atoms with Crippen LogP contribution in [0.3, 0.4) is 0 Å². The third kappa shape index (κ3) is 5.58. The van der Waals surface area contributed by atoms with Crippen molar-refractivity contribution in [2.45, 2.75) is 96.6 Å². The summed E-state index contributed by atoms with van der Waals surface area (Å²) in [6.07, 6.45) is 5.44. The molecule has 242 valence electrons. The Morgan fingerprint density at radius 1 is 1.09 bits per heavy atom. The van der Waals surface area contributed by atoms with Crippen LogP contribution in [-0.4, -0.2) is 88.3 Å². The van der Waals surface area contributed by atoms with Gasteiger partial charge in [-0.3, -0.25) is 14.4 Å². The van der Waals surface area contributed by atoms with E-state index in [9.17, 15) is 19.5 Å². The Morgan fingerprint density at radius 2 is 1.75 bits per heavy atom. The normalized spacial score (nSPS) is 27.9. The fraction of sp³-hybridized carbons (Fsp3) is 0.629. The Balaban J connectivity index is 1.85. The maximum absolute atomic E-state index is 14.8. The minimum Gasteiger partial charge on any atom is -0.494 e. The Hall–Kier alpha value is -3.17. The predicted octanol–water partition coefficient (Wildman–Crippen LogP) is 4.59. The molecule has 1 spiro atoms. The van der Waals surface area contributed by atoms with Crippen LogP contribution in [0.2, 0.25) is 0 Å². The van der Waals surface area contributed by atoms with Gasteiger partial charge in [0.2, 0.25) is 17.7 Å². The van der Waals surface area contributed by atoms with E-state index in [2.05, 4.69) is 13.2 Å². The van der Waals surface area contributed by atoms with Gasteiger partial charge in [-0.1, -0.05) is 32.9 Å². The van der Waals surface area contributed by atoms with Gasteiger partial charge >= 0.3 is 0 Å². The zero-order valence-electron chi connectivity index (χ0n) is 27.3. The highest BCUT2D eigenvalue weighted by Crippen LogP contribution is 2.65. The van der Waals surface area contributed by atoms with Gasteiger partial charge in [0, 0.05) is 24.8 Å². The second-order valence-corrected chi connectivity index (χ2v) is 13.1. The van der Waals surface area contributed by atoms with Crippen LogP contribution >= 0.6 is 0 Å². The zero-order chi connectivity index (χ0) is 32.4. The van der Waals surface area contributed by atoms with Crippen LogP contribution in [0.25, 0.3) is 0 Å². The number of carbonyl (C=O) groups excluding carboxylic acids is 3. The highest BCUT2D eigenvalue weighted by molar-refractivity contribution is 6.03. The molecule has 1 aromatic rings. The van der Waals surface area contributed by atoms with E-state index in [0.29, 0.717) is 50.3 Å². The molecule has 4 rings (SSSR count). The smallest absolute Gasteiger partial charge is 0.248 e. The third-order valence-corrected chi connectivity index (χ3v) is 9.74. The molecule has 3 fully saturated rings. The first-order valence-electron chi connectivity index (χ1n) is 16.2. The van der Waals surface area contributed by atoms with Crippen LogP contribution in [0.1, 0.15) is 67.2 Å². The highest BCUT2D eigenvalue weighted by Gasteiger charge is 2.79. The molecule has 0 radical (unpaired) electrons. The lowest BCUT2D eigenvalue weighted by Gasteiger charge is -2.41. The summed E-state index contributed by atoms with van der Waals surface area (Å²) in [5.41, 5.74) is -1.40. The highest BCUT2D eigenvalue weighted by atomic mass is 16.5. The lowest BCUT2D eigenvalue weighted by molar-refractivity contribution is -0.157. The summed E-state index contributed by atoms with van der Waals surface area (Å²) < 4.78 is 12.6. The molecule has 3 amide bonds. The summed E-state index contributed by atoms with van der Waals surface area (Å²) in [6, 6.07) is 5.64. The van der Waals surface area contributed by atoms with Crippen molar-refractivity contribution in [2.24, 2.45) is 17.8 Å².